The van der Waals surface area contributed by atoms with Crippen LogP contribution in [0.1, 0.15) is 44.6 Å². The zero-order chi connectivity index (χ0) is 21.2. The molecule has 0 aliphatic carbocycles. The fraction of sp³-hybridized carbons (Fsp3) is 0.478. The van der Waals surface area contributed by atoms with Gasteiger partial charge in [-0.05, 0) is 57.7 Å². The van der Waals surface area contributed by atoms with E-state index in [1.807, 2.05) is 79.8 Å². The van der Waals surface area contributed by atoms with Gasteiger partial charge in [0.1, 0.15) is 11.3 Å². The predicted octanol–water partition coefficient (Wildman–Crippen LogP) is 4.07. The third-order valence-electron chi connectivity index (χ3n) is 5.27. The van der Waals surface area contributed by atoms with Crippen molar-refractivity contribution in [3.05, 3.63) is 48.2 Å². The van der Waals surface area contributed by atoms with E-state index < -0.39 is 11.7 Å². The molecule has 1 aromatic carbocycles. The third-order valence-corrected chi connectivity index (χ3v) is 5.27. The number of aromatic nitrogens is 1. The first-order valence-corrected chi connectivity index (χ1v) is 10.1. The average molecular weight is 398 g/mol. The largest absolute Gasteiger partial charge is 0.444 e. The zero-order valence-electron chi connectivity index (χ0n) is 17.9. The minimum Gasteiger partial charge on any atom is -0.444 e. The first-order valence-electron chi connectivity index (χ1n) is 10.1. The van der Waals surface area contributed by atoms with E-state index in [4.69, 9.17) is 4.74 Å². The number of rotatable bonds is 4. The molecule has 3 rings (SSSR count). The lowest BCUT2D eigenvalue weighted by Gasteiger charge is -2.22. The maximum Gasteiger partial charge on any atom is 0.407 e. The number of nitrogens with zero attached hydrogens (tertiary/aromatic N) is 2. The highest BCUT2D eigenvalue weighted by atomic mass is 16.6. The van der Waals surface area contributed by atoms with Crippen LogP contribution < -0.4 is 5.32 Å². The van der Waals surface area contributed by atoms with Crippen LogP contribution in [0.15, 0.2) is 42.5 Å². The predicted molar refractivity (Wildman–Crippen MR) is 114 cm³/mol. The summed E-state index contributed by atoms with van der Waals surface area (Å²) in [7, 11) is 1.93. The monoisotopic (exact) mass is 397 g/mol. The number of benzene rings is 1. The smallest absolute Gasteiger partial charge is 0.407 e. The number of ether oxygens (including phenoxy) is 1. The van der Waals surface area contributed by atoms with Crippen molar-refractivity contribution in [1.82, 2.24) is 14.8 Å². The molecule has 1 aliphatic rings. The summed E-state index contributed by atoms with van der Waals surface area (Å²) in [5.74, 6) is 0.247. The van der Waals surface area contributed by atoms with Gasteiger partial charge in [0.15, 0.2) is 0 Å². The molecule has 1 fully saturated rings. The second kappa shape index (κ2) is 8.31. The van der Waals surface area contributed by atoms with Gasteiger partial charge in [0.25, 0.3) is 5.91 Å². The molecule has 2 heterocycles. The maximum atomic E-state index is 13.2. The van der Waals surface area contributed by atoms with Crippen LogP contribution in [0, 0.1) is 5.92 Å². The van der Waals surface area contributed by atoms with Crippen molar-refractivity contribution in [3.63, 3.8) is 0 Å². The third kappa shape index (κ3) is 5.00. The summed E-state index contributed by atoms with van der Waals surface area (Å²) in [6.07, 6.45) is 0.446. The molecule has 0 bridgehead atoms. The molecule has 2 atom stereocenters. The van der Waals surface area contributed by atoms with E-state index in [-0.39, 0.29) is 17.9 Å². The highest BCUT2D eigenvalue weighted by molar-refractivity contribution is 5.94. The Kier molecular flexibility index (Phi) is 6.01. The molecule has 2 aromatic rings. The van der Waals surface area contributed by atoms with E-state index in [1.165, 1.54) is 0 Å². The number of likely N-dealkylation sites (tertiary alicyclic amines) is 1. The standard InChI is InChI=1S/C23H31N3O3/c1-16-13-17(14-24-22(28)29-23(2,3)4)15-26(16)21(27)20-12-11-19(25(20)5)18-9-7-6-8-10-18/h6-12,16-17H,13-15H2,1-5H3,(H,24,28)/t16-,17+/m1/s1. The molecule has 1 saturated heterocycles. The fourth-order valence-corrected chi connectivity index (χ4v) is 3.89. The van der Waals surface area contributed by atoms with Crippen molar-refractivity contribution >= 4 is 12.0 Å². The lowest BCUT2D eigenvalue weighted by Crippen LogP contribution is -2.37. The zero-order valence-corrected chi connectivity index (χ0v) is 17.9. The second-order valence-corrected chi connectivity index (χ2v) is 8.82. The molecule has 29 heavy (non-hydrogen) atoms. The van der Waals surface area contributed by atoms with Crippen molar-refractivity contribution in [1.29, 1.82) is 0 Å². The Hall–Kier alpha value is -2.76. The fourth-order valence-electron chi connectivity index (χ4n) is 3.89. The van der Waals surface area contributed by atoms with Gasteiger partial charge in [-0.15, -0.1) is 0 Å². The molecule has 2 amide bonds. The molecule has 156 valence electrons. The molecule has 6 heteroatoms. The number of carbonyl (C=O) groups is 2. The van der Waals surface area contributed by atoms with Gasteiger partial charge >= 0.3 is 6.09 Å². The van der Waals surface area contributed by atoms with Gasteiger partial charge in [-0.25, -0.2) is 4.79 Å². The minimum absolute atomic E-state index is 0.0296. The molecule has 0 unspecified atom stereocenters. The number of carbonyl (C=O) groups excluding carboxylic acids is 2. The van der Waals surface area contributed by atoms with Crippen LogP contribution >= 0.6 is 0 Å². The van der Waals surface area contributed by atoms with Crippen molar-refractivity contribution in [2.24, 2.45) is 13.0 Å². The Bertz CT molecular complexity index is 867. The molecular formula is C23H31N3O3. The van der Waals surface area contributed by atoms with E-state index in [0.717, 1.165) is 17.7 Å². The summed E-state index contributed by atoms with van der Waals surface area (Å²) in [6.45, 7) is 8.72. The summed E-state index contributed by atoms with van der Waals surface area (Å²) in [5.41, 5.74) is 2.27. The van der Waals surface area contributed by atoms with Crippen LogP contribution in [0.25, 0.3) is 11.3 Å². The molecular weight excluding hydrogens is 366 g/mol. The Balaban J connectivity index is 1.63. The molecule has 0 saturated carbocycles. The van der Waals surface area contributed by atoms with Crippen LogP contribution in [0.5, 0.6) is 0 Å². The second-order valence-electron chi connectivity index (χ2n) is 8.82. The van der Waals surface area contributed by atoms with Crippen molar-refractivity contribution in [2.45, 2.75) is 45.8 Å². The SMILES string of the molecule is C[C@@H]1C[C@@H](CNC(=O)OC(C)(C)C)CN1C(=O)c1ccc(-c2ccccc2)n1C. The van der Waals surface area contributed by atoms with E-state index in [2.05, 4.69) is 12.2 Å². The Morgan fingerprint density at radius 3 is 2.48 bits per heavy atom. The molecule has 1 aliphatic heterocycles. The summed E-state index contributed by atoms with van der Waals surface area (Å²) < 4.78 is 7.25. The summed E-state index contributed by atoms with van der Waals surface area (Å²) in [6, 6.07) is 14.1. The molecule has 0 radical (unpaired) electrons. The van der Waals surface area contributed by atoms with Gasteiger partial charge in [0.05, 0.1) is 0 Å². The Morgan fingerprint density at radius 2 is 1.83 bits per heavy atom. The quantitative estimate of drug-likeness (QED) is 0.846. The minimum atomic E-state index is -0.516. The number of hydrogen-bond donors (Lipinski definition) is 1. The summed E-state index contributed by atoms with van der Waals surface area (Å²) >= 11 is 0. The van der Waals surface area contributed by atoms with Gasteiger partial charge in [0.2, 0.25) is 0 Å². The summed E-state index contributed by atoms with van der Waals surface area (Å²) in [4.78, 5) is 27.0. The molecule has 0 spiro atoms. The van der Waals surface area contributed by atoms with Crippen molar-refractivity contribution in [2.75, 3.05) is 13.1 Å². The van der Waals surface area contributed by atoms with Gasteiger partial charge in [-0.2, -0.15) is 0 Å². The highest BCUT2D eigenvalue weighted by Crippen LogP contribution is 2.27. The molecule has 1 N–H and O–H groups in total. The van der Waals surface area contributed by atoms with Gasteiger partial charge in [-0.3, -0.25) is 4.79 Å². The Morgan fingerprint density at radius 1 is 1.14 bits per heavy atom. The van der Waals surface area contributed by atoms with Gasteiger partial charge in [-0.1, -0.05) is 30.3 Å². The number of alkyl carbamates (subject to hydrolysis) is 1. The molecule has 6 nitrogen and oxygen atoms in total. The number of hydrogen-bond acceptors (Lipinski definition) is 3. The topological polar surface area (TPSA) is 63.6 Å². The number of nitrogens with one attached hydrogen (secondary N) is 1. The maximum absolute atomic E-state index is 13.2. The summed E-state index contributed by atoms with van der Waals surface area (Å²) in [5, 5.41) is 2.83. The first kappa shape index (κ1) is 21.0. The lowest BCUT2D eigenvalue weighted by molar-refractivity contribution is 0.0520. The van der Waals surface area contributed by atoms with Crippen LogP contribution in [-0.4, -0.2) is 46.2 Å². The van der Waals surface area contributed by atoms with Gasteiger partial charge < -0.3 is 19.5 Å². The van der Waals surface area contributed by atoms with Crippen LogP contribution in [0.4, 0.5) is 4.79 Å². The van der Waals surface area contributed by atoms with E-state index in [0.29, 0.717) is 18.8 Å². The van der Waals surface area contributed by atoms with Crippen LogP contribution in [-0.2, 0) is 11.8 Å². The average Bonchev–Trinajstić information content (AvgIpc) is 3.21. The van der Waals surface area contributed by atoms with E-state index in [1.54, 1.807) is 0 Å². The van der Waals surface area contributed by atoms with Crippen LogP contribution in [0.3, 0.4) is 0 Å². The Labute approximate surface area is 172 Å². The lowest BCUT2D eigenvalue weighted by atomic mass is 10.1. The van der Waals surface area contributed by atoms with Crippen LogP contribution in [0.2, 0.25) is 0 Å². The van der Waals surface area contributed by atoms with Crippen molar-refractivity contribution in [3.8, 4) is 11.3 Å². The van der Waals surface area contributed by atoms with Crippen molar-refractivity contribution < 1.29 is 14.3 Å². The number of amides is 2. The van der Waals surface area contributed by atoms with E-state index >= 15 is 0 Å². The highest BCUT2D eigenvalue weighted by Gasteiger charge is 2.34. The van der Waals surface area contributed by atoms with E-state index in [9.17, 15) is 9.59 Å². The first-order chi connectivity index (χ1) is 13.7. The normalized spacial score (nSPS) is 19.3. The molecule has 1 aromatic heterocycles. The van der Waals surface area contributed by atoms with Gasteiger partial charge in [0, 0.05) is 31.9 Å².